The van der Waals surface area contributed by atoms with E-state index in [4.69, 9.17) is 17.0 Å². The number of methoxy groups -OCH3 is 1. The van der Waals surface area contributed by atoms with Gasteiger partial charge in [-0.2, -0.15) is 0 Å². The van der Waals surface area contributed by atoms with Gasteiger partial charge in [0.15, 0.2) is 5.11 Å². The maximum atomic E-state index is 5.54. The van der Waals surface area contributed by atoms with Crippen molar-refractivity contribution >= 4 is 28.7 Å². The zero-order chi connectivity index (χ0) is 18.4. The quantitative estimate of drug-likeness (QED) is 0.599. The summed E-state index contributed by atoms with van der Waals surface area (Å²) in [5, 5.41) is 9.48. The van der Waals surface area contributed by atoms with Crippen molar-refractivity contribution in [3.63, 3.8) is 0 Å². The van der Waals surface area contributed by atoms with Gasteiger partial charge < -0.3 is 15.4 Å². The number of ether oxygens (including phenoxy) is 1. The Morgan fingerprint density at radius 2 is 1.81 bits per heavy atom. The van der Waals surface area contributed by atoms with E-state index in [0.717, 1.165) is 11.3 Å². The highest BCUT2D eigenvalue weighted by Crippen LogP contribution is 2.26. The van der Waals surface area contributed by atoms with Gasteiger partial charge in [0.2, 0.25) is 0 Å². The smallest absolute Gasteiger partial charge is 0.167 e. The minimum Gasteiger partial charge on any atom is -0.497 e. The molecule has 0 aliphatic rings. The van der Waals surface area contributed by atoms with E-state index < -0.39 is 0 Å². The first-order chi connectivity index (χ1) is 12.7. The molecule has 0 aliphatic carbocycles. The molecular weight excluding hydrogens is 360 g/mol. The van der Waals surface area contributed by atoms with Crippen LogP contribution in [0.15, 0.2) is 66.0 Å². The molecule has 0 fully saturated rings. The molecule has 2 aromatic carbocycles. The highest BCUT2D eigenvalue weighted by Gasteiger charge is 2.16. The maximum absolute atomic E-state index is 5.54. The average molecular weight is 383 g/mol. The van der Waals surface area contributed by atoms with Crippen LogP contribution in [0.25, 0.3) is 0 Å². The third-order valence-electron chi connectivity index (χ3n) is 4.13. The molecule has 3 aromatic rings. The molecule has 3 rings (SSSR count). The highest BCUT2D eigenvalue weighted by atomic mass is 32.1. The molecule has 0 saturated heterocycles. The molecule has 3 nitrogen and oxygen atoms in total. The largest absolute Gasteiger partial charge is 0.497 e. The fraction of sp³-hybridized carbons (Fsp3) is 0.190. The molecule has 1 aromatic heterocycles. The number of rotatable bonds is 6. The summed E-state index contributed by atoms with van der Waals surface area (Å²) in [6, 6.07) is 20.8. The summed E-state index contributed by atoms with van der Waals surface area (Å²) < 4.78 is 5.19. The minimum absolute atomic E-state index is 0.0477. The standard InChI is InChI=1S/C21H22N2OS2/c1-15-5-9-17(10-6-15)20(19-4-3-13-26-19)23-21(25)22-14-16-7-11-18(24-2)12-8-16/h3-13,20H,14H2,1-2H3,(H2,22,23,25)/t20-/m0/s1. The predicted octanol–water partition coefficient (Wildman–Crippen LogP) is 4.82. The lowest BCUT2D eigenvalue weighted by atomic mass is 10.0. The molecule has 1 heterocycles. The van der Waals surface area contributed by atoms with Gasteiger partial charge in [0.05, 0.1) is 13.2 Å². The fourth-order valence-electron chi connectivity index (χ4n) is 2.64. The molecular formula is C21H22N2OS2. The number of hydrogen-bond donors (Lipinski definition) is 2. The van der Waals surface area contributed by atoms with Crippen molar-refractivity contribution in [1.29, 1.82) is 0 Å². The van der Waals surface area contributed by atoms with Crippen molar-refractivity contribution in [2.24, 2.45) is 0 Å². The Bertz CT molecular complexity index is 827. The second-order valence-corrected chi connectivity index (χ2v) is 7.42. The van der Waals surface area contributed by atoms with Crippen LogP contribution >= 0.6 is 23.6 Å². The van der Waals surface area contributed by atoms with E-state index in [1.54, 1.807) is 18.4 Å². The lowest BCUT2D eigenvalue weighted by Crippen LogP contribution is -2.37. The SMILES string of the molecule is COc1ccc(CNC(=S)N[C@@H](c2ccc(C)cc2)c2cccs2)cc1. The molecule has 0 saturated carbocycles. The van der Waals surface area contributed by atoms with Crippen LogP contribution < -0.4 is 15.4 Å². The van der Waals surface area contributed by atoms with Crippen LogP contribution in [0.3, 0.4) is 0 Å². The van der Waals surface area contributed by atoms with E-state index in [2.05, 4.69) is 59.3 Å². The lowest BCUT2D eigenvalue weighted by molar-refractivity contribution is 0.414. The molecule has 0 amide bonds. The third kappa shape index (κ3) is 4.84. The summed E-state index contributed by atoms with van der Waals surface area (Å²) in [5.74, 6) is 0.853. The van der Waals surface area contributed by atoms with Gasteiger partial charge >= 0.3 is 0 Å². The van der Waals surface area contributed by atoms with E-state index in [0.29, 0.717) is 11.7 Å². The van der Waals surface area contributed by atoms with Gasteiger partial charge in [-0.1, -0.05) is 48.0 Å². The summed E-state index contributed by atoms with van der Waals surface area (Å²) in [6.07, 6.45) is 0. The van der Waals surface area contributed by atoms with E-state index >= 15 is 0 Å². The first-order valence-electron chi connectivity index (χ1n) is 8.43. The highest BCUT2D eigenvalue weighted by molar-refractivity contribution is 7.80. The Morgan fingerprint density at radius 1 is 1.08 bits per heavy atom. The number of nitrogens with one attached hydrogen (secondary N) is 2. The number of benzene rings is 2. The van der Waals surface area contributed by atoms with Crippen molar-refractivity contribution in [2.45, 2.75) is 19.5 Å². The van der Waals surface area contributed by atoms with Gasteiger partial charge in [0.1, 0.15) is 5.75 Å². The van der Waals surface area contributed by atoms with E-state index in [-0.39, 0.29) is 6.04 Å². The second kappa shape index (κ2) is 8.83. The van der Waals surface area contributed by atoms with Crippen molar-refractivity contribution in [3.05, 3.63) is 87.6 Å². The summed E-state index contributed by atoms with van der Waals surface area (Å²) in [7, 11) is 1.67. The molecule has 26 heavy (non-hydrogen) atoms. The second-order valence-electron chi connectivity index (χ2n) is 6.03. The Balaban J connectivity index is 1.66. The molecule has 0 spiro atoms. The van der Waals surface area contributed by atoms with Crippen LogP contribution in [0.5, 0.6) is 5.75 Å². The number of aryl methyl sites for hydroxylation is 1. The third-order valence-corrected chi connectivity index (χ3v) is 5.33. The number of thiocarbonyl (C=S) groups is 1. The van der Waals surface area contributed by atoms with Crippen molar-refractivity contribution < 1.29 is 4.74 Å². The molecule has 5 heteroatoms. The number of hydrogen-bond acceptors (Lipinski definition) is 3. The topological polar surface area (TPSA) is 33.3 Å². The number of thiophene rings is 1. The zero-order valence-electron chi connectivity index (χ0n) is 14.9. The average Bonchev–Trinajstić information content (AvgIpc) is 3.20. The van der Waals surface area contributed by atoms with Crippen LogP contribution in [0.4, 0.5) is 0 Å². The Labute approximate surface area is 164 Å². The maximum Gasteiger partial charge on any atom is 0.167 e. The van der Waals surface area contributed by atoms with Gasteiger partial charge in [-0.3, -0.25) is 0 Å². The molecule has 0 unspecified atom stereocenters. The zero-order valence-corrected chi connectivity index (χ0v) is 16.5. The molecule has 2 N–H and O–H groups in total. The van der Waals surface area contributed by atoms with Gasteiger partial charge in [-0.15, -0.1) is 11.3 Å². The van der Waals surface area contributed by atoms with Crippen molar-refractivity contribution in [2.75, 3.05) is 7.11 Å². The first kappa shape index (κ1) is 18.4. The molecule has 134 valence electrons. The predicted molar refractivity (Wildman–Crippen MR) is 113 cm³/mol. The normalized spacial score (nSPS) is 11.6. The first-order valence-corrected chi connectivity index (χ1v) is 9.72. The van der Waals surface area contributed by atoms with E-state index in [1.165, 1.54) is 16.0 Å². The van der Waals surface area contributed by atoms with Crippen LogP contribution in [-0.2, 0) is 6.54 Å². The molecule has 0 aliphatic heterocycles. The van der Waals surface area contributed by atoms with Gasteiger partial charge in [-0.05, 0) is 53.8 Å². The van der Waals surface area contributed by atoms with Crippen molar-refractivity contribution in [1.82, 2.24) is 10.6 Å². The van der Waals surface area contributed by atoms with Crippen LogP contribution in [-0.4, -0.2) is 12.2 Å². The Morgan fingerprint density at radius 3 is 2.42 bits per heavy atom. The van der Waals surface area contributed by atoms with Crippen LogP contribution in [0.2, 0.25) is 0 Å². The van der Waals surface area contributed by atoms with Gasteiger partial charge in [-0.25, -0.2) is 0 Å². The minimum atomic E-state index is 0.0477. The molecule has 0 bridgehead atoms. The fourth-order valence-corrected chi connectivity index (χ4v) is 3.63. The van der Waals surface area contributed by atoms with E-state index in [1.807, 2.05) is 24.3 Å². The van der Waals surface area contributed by atoms with Crippen LogP contribution in [0.1, 0.15) is 27.6 Å². The summed E-state index contributed by atoms with van der Waals surface area (Å²) in [6.45, 7) is 2.76. The summed E-state index contributed by atoms with van der Waals surface area (Å²) >= 11 is 7.26. The summed E-state index contributed by atoms with van der Waals surface area (Å²) in [4.78, 5) is 1.24. The Hall–Kier alpha value is -2.37. The summed E-state index contributed by atoms with van der Waals surface area (Å²) in [5.41, 5.74) is 3.60. The monoisotopic (exact) mass is 382 g/mol. The van der Waals surface area contributed by atoms with Gasteiger partial charge in [0, 0.05) is 11.4 Å². The Kier molecular flexibility index (Phi) is 6.26. The molecule has 1 atom stereocenters. The molecule has 0 radical (unpaired) electrons. The van der Waals surface area contributed by atoms with Gasteiger partial charge in [0.25, 0.3) is 0 Å². The van der Waals surface area contributed by atoms with E-state index in [9.17, 15) is 0 Å². The van der Waals surface area contributed by atoms with Crippen molar-refractivity contribution in [3.8, 4) is 5.75 Å². The lowest BCUT2D eigenvalue weighted by Gasteiger charge is -2.21. The van der Waals surface area contributed by atoms with Crippen LogP contribution in [0, 0.1) is 6.92 Å².